The minimum atomic E-state index is 0.179. The molecule has 17 heavy (non-hydrogen) atoms. The Kier molecular flexibility index (Phi) is 3.81. The summed E-state index contributed by atoms with van der Waals surface area (Å²) < 4.78 is 11.2. The zero-order valence-electron chi connectivity index (χ0n) is 8.85. The van der Waals surface area contributed by atoms with Crippen LogP contribution in [-0.2, 0) is 0 Å². The van der Waals surface area contributed by atoms with E-state index < -0.39 is 0 Å². The van der Waals surface area contributed by atoms with E-state index in [0.717, 1.165) is 0 Å². The zero-order valence-corrected chi connectivity index (χ0v) is 11.2. The molecule has 0 saturated heterocycles. The van der Waals surface area contributed by atoms with Crippen molar-refractivity contribution >= 4 is 27.5 Å². The van der Waals surface area contributed by atoms with Gasteiger partial charge in [0.15, 0.2) is 0 Å². The first kappa shape index (κ1) is 12.1. The summed E-state index contributed by atoms with van der Waals surface area (Å²) in [6.45, 7) is 0. The highest BCUT2D eigenvalue weighted by Gasteiger charge is 2.08. The molecular formula is C11H8BrClN2O2. The molecule has 0 amide bonds. The van der Waals surface area contributed by atoms with E-state index in [2.05, 4.69) is 25.9 Å². The Morgan fingerprint density at radius 3 is 2.76 bits per heavy atom. The highest BCUT2D eigenvalue weighted by atomic mass is 79.9. The zero-order chi connectivity index (χ0) is 12.3. The number of nitrogens with zero attached hydrogens (tertiary/aromatic N) is 2. The van der Waals surface area contributed by atoms with Gasteiger partial charge in [0.25, 0.3) is 0 Å². The molecule has 0 unspecified atom stereocenters. The van der Waals surface area contributed by atoms with Crippen LogP contribution in [0.1, 0.15) is 0 Å². The van der Waals surface area contributed by atoms with Crippen LogP contribution in [-0.4, -0.2) is 17.1 Å². The van der Waals surface area contributed by atoms with Crippen LogP contribution in [0.15, 0.2) is 34.9 Å². The fourth-order valence-electron chi connectivity index (χ4n) is 1.15. The number of para-hydroxylation sites is 1. The van der Waals surface area contributed by atoms with Crippen molar-refractivity contribution in [2.24, 2.45) is 0 Å². The Hall–Kier alpha value is -1.33. The number of rotatable bonds is 3. The van der Waals surface area contributed by atoms with Crippen molar-refractivity contribution in [3.8, 4) is 17.6 Å². The van der Waals surface area contributed by atoms with E-state index in [1.165, 1.54) is 7.11 Å². The molecule has 0 aliphatic heterocycles. The summed E-state index contributed by atoms with van der Waals surface area (Å²) in [4.78, 5) is 8.07. The molecule has 0 N–H and O–H groups in total. The van der Waals surface area contributed by atoms with Gasteiger partial charge in [0.2, 0.25) is 5.88 Å². The lowest BCUT2D eigenvalue weighted by molar-refractivity contribution is 0.373. The third-order valence-electron chi connectivity index (χ3n) is 1.92. The van der Waals surface area contributed by atoms with Gasteiger partial charge in [-0.25, -0.2) is 4.98 Å². The van der Waals surface area contributed by atoms with Crippen LogP contribution in [0.5, 0.6) is 17.6 Å². The molecule has 0 saturated carbocycles. The van der Waals surface area contributed by atoms with E-state index >= 15 is 0 Å². The second kappa shape index (κ2) is 5.33. The maximum Gasteiger partial charge on any atom is 0.325 e. The Balaban J connectivity index is 2.28. The number of aromatic nitrogens is 2. The topological polar surface area (TPSA) is 44.2 Å². The van der Waals surface area contributed by atoms with Gasteiger partial charge in [-0.15, -0.1) is 0 Å². The minimum Gasteiger partial charge on any atom is -0.480 e. The van der Waals surface area contributed by atoms with Gasteiger partial charge in [-0.05, 0) is 28.1 Å². The number of hydrogen-bond donors (Lipinski definition) is 0. The van der Waals surface area contributed by atoms with Crippen LogP contribution >= 0.6 is 27.5 Å². The first-order chi connectivity index (χ1) is 8.20. The third-order valence-corrected chi connectivity index (χ3v) is 2.78. The number of ether oxygens (including phenoxy) is 2. The molecule has 0 bridgehead atoms. The summed E-state index contributed by atoms with van der Waals surface area (Å²) >= 11 is 9.22. The molecule has 0 radical (unpaired) electrons. The molecule has 0 atom stereocenters. The fraction of sp³-hybridized carbons (Fsp3) is 0.0909. The summed E-state index contributed by atoms with van der Waals surface area (Å²) in [7, 11) is 1.52. The molecule has 6 heteroatoms. The lowest BCUT2D eigenvalue weighted by Crippen LogP contribution is -1.95. The van der Waals surface area contributed by atoms with E-state index in [0.29, 0.717) is 21.1 Å². The second-order valence-electron chi connectivity index (χ2n) is 3.04. The Morgan fingerprint density at radius 1 is 1.29 bits per heavy atom. The van der Waals surface area contributed by atoms with Gasteiger partial charge >= 0.3 is 6.01 Å². The molecule has 1 aromatic carbocycles. The second-order valence-corrected chi connectivity index (χ2v) is 4.30. The van der Waals surface area contributed by atoms with Crippen molar-refractivity contribution in [1.29, 1.82) is 0 Å². The van der Waals surface area contributed by atoms with Gasteiger partial charge in [-0.2, -0.15) is 4.98 Å². The van der Waals surface area contributed by atoms with Crippen LogP contribution in [0.2, 0.25) is 5.02 Å². The number of hydrogen-bond acceptors (Lipinski definition) is 4. The van der Waals surface area contributed by atoms with E-state index in [4.69, 9.17) is 21.1 Å². The lowest BCUT2D eigenvalue weighted by Gasteiger charge is -2.07. The van der Waals surface area contributed by atoms with E-state index in [1.54, 1.807) is 18.3 Å². The van der Waals surface area contributed by atoms with Gasteiger partial charge < -0.3 is 9.47 Å². The quantitative estimate of drug-likeness (QED) is 0.866. The number of halogens is 2. The van der Waals surface area contributed by atoms with Crippen molar-refractivity contribution in [3.63, 3.8) is 0 Å². The highest BCUT2D eigenvalue weighted by molar-refractivity contribution is 9.10. The maximum atomic E-state index is 5.96. The Morgan fingerprint density at radius 2 is 2.06 bits per heavy atom. The molecule has 4 nitrogen and oxygen atoms in total. The predicted molar refractivity (Wildman–Crippen MR) is 67.8 cm³/mol. The minimum absolute atomic E-state index is 0.179. The van der Waals surface area contributed by atoms with Gasteiger partial charge in [-0.3, -0.25) is 0 Å². The monoisotopic (exact) mass is 314 g/mol. The van der Waals surface area contributed by atoms with Crippen molar-refractivity contribution in [2.45, 2.75) is 0 Å². The fourth-order valence-corrected chi connectivity index (χ4v) is 1.68. The Bertz CT molecular complexity index is 537. The summed E-state index contributed by atoms with van der Waals surface area (Å²) in [5, 5.41) is 0.498. The van der Waals surface area contributed by atoms with Gasteiger partial charge in [0.05, 0.1) is 22.8 Å². The standard InChI is InChI=1S/C11H8BrClN2O2/c1-16-10-7(12)6-14-11(15-10)17-9-5-3-2-4-8(9)13/h2-6H,1H3. The summed E-state index contributed by atoms with van der Waals surface area (Å²) in [5.74, 6) is 0.903. The molecule has 0 spiro atoms. The van der Waals surface area contributed by atoms with Crippen LogP contribution in [0.3, 0.4) is 0 Å². The van der Waals surface area contributed by atoms with Gasteiger partial charge in [-0.1, -0.05) is 23.7 Å². The molecule has 88 valence electrons. The average Bonchev–Trinajstić information content (AvgIpc) is 2.34. The SMILES string of the molecule is COc1nc(Oc2ccccc2Cl)ncc1Br. The smallest absolute Gasteiger partial charge is 0.325 e. The normalized spacial score (nSPS) is 10.1. The molecule has 0 fully saturated rings. The first-order valence-corrected chi connectivity index (χ1v) is 5.86. The van der Waals surface area contributed by atoms with E-state index in [9.17, 15) is 0 Å². The lowest BCUT2D eigenvalue weighted by atomic mass is 10.3. The number of methoxy groups -OCH3 is 1. The van der Waals surface area contributed by atoms with Crippen molar-refractivity contribution in [2.75, 3.05) is 7.11 Å². The molecular weight excluding hydrogens is 307 g/mol. The third kappa shape index (κ3) is 2.87. The summed E-state index contributed by atoms with van der Waals surface area (Å²) in [6, 6.07) is 7.28. The molecule has 2 aromatic rings. The molecule has 1 aromatic heterocycles. The van der Waals surface area contributed by atoms with Crippen molar-refractivity contribution < 1.29 is 9.47 Å². The van der Waals surface area contributed by atoms with Crippen LogP contribution in [0.4, 0.5) is 0 Å². The summed E-state index contributed by atoms with van der Waals surface area (Å²) in [5.41, 5.74) is 0. The number of benzene rings is 1. The highest BCUT2D eigenvalue weighted by Crippen LogP contribution is 2.29. The van der Waals surface area contributed by atoms with Gasteiger partial charge in [0.1, 0.15) is 5.75 Å². The predicted octanol–water partition coefficient (Wildman–Crippen LogP) is 3.69. The molecule has 0 aliphatic rings. The largest absolute Gasteiger partial charge is 0.480 e. The van der Waals surface area contributed by atoms with Crippen molar-refractivity contribution in [3.05, 3.63) is 40.0 Å². The molecule has 0 aliphatic carbocycles. The summed E-state index contributed by atoms with van der Waals surface area (Å²) in [6.07, 6.45) is 1.55. The molecule has 1 heterocycles. The maximum absolute atomic E-state index is 5.96. The first-order valence-electron chi connectivity index (χ1n) is 4.69. The Labute approximate surface area is 112 Å². The van der Waals surface area contributed by atoms with E-state index in [1.807, 2.05) is 12.1 Å². The molecule has 2 rings (SSSR count). The van der Waals surface area contributed by atoms with E-state index in [-0.39, 0.29) is 6.01 Å². The van der Waals surface area contributed by atoms with Crippen LogP contribution in [0.25, 0.3) is 0 Å². The van der Waals surface area contributed by atoms with Gasteiger partial charge in [0, 0.05) is 0 Å². The van der Waals surface area contributed by atoms with Crippen LogP contribution < -0.4 is 9.47 Å². The average molecular weight is 316 g/mol. The van der Waals surface area contributed by atoms with Crippen LogP contribution in [0, 0.1) is 0 Å². The van der Waals surface area contributed by atoms with Crippen molar-refractivity contribution in [1.82, 2.24) is 9.97 Å².